The third-order valence-electron chi connectivity index (χ3n) is 6.06. The number of hydrogen-bond acceptors (Lipinski definition) is 3. The Hall–Kier alpha value is -3.99. The second-order valence-electron chi connectivity index (χ2n) is 8.29. The molecule has 1 saturated heterocycles. The van der Waals surface area contributed by atoms with E-state index in [1.165, 1.54) is 0 Å². The van der Waals surface area contributed by atoms with Gasteiger partial charge in [0.25, 0.3) is 0 Å². The van der Waals surface area contributed by atoms with Crippen LogP contribution in [0, 0.1) is 0 Å². The molecule has 33 heavy (non-hydrogen) atoms. The highest BCUT2D eigenvalue weighted by molar-refractivity contribution is 6.01. The van der Waals surface area contributed by atoms with Crippen molar-refractivity contribution in [3.05, 3.63) is 90.5 Å². The Labute approximate surface area is 192 Å². The van der Waals surface area contributed by atoms with Gasteiger partial charge in [-0.25, -0.2) is 4.98 Å². The molecule has 0 radical (unpaired) electrons. The first-order valence-electron chi connectivity index (χ1n) is 11.3. The summed E-state index contributed by atoms with van der Waals surface area (Å²) >= 11 is 0. The van der Waals surface area contributed by atoms with Crippen LogP contribution >= 0.6 is 0 Å². The first-order valence-corrected chi connectivity index (χ1v) is 11.3. The number of aromatic nitrogens is 1. The number of nitrogens with one attached hydrogen (secondary N) is 2. The Morgan fingerprint density at radius 1 is 0.909 bits per heavy atom. The first kappa shape index (κ1) is 20.9. The molecule has 5 rings (SSSR count). The highest BCUT2D eigenvalue weighted by Crippen LogP contribution is 2.37. The third-order valence-corrected chi connectivity index (χ3v) is 6.06. The van der Waals surface area contributed by atoms with Crippen LogP contribution in [0.1, 0.15) is 18.4 Å². The highest BCUT2D eigenvalue weighted by atomic mass is 16.2. The molecule has 1 unspecified atom stereocenters. The van der Waals surface area contributed by atoms with E-state index >= 15 is 0 Å². The number of carbonyl (C=O) groups excluding carboxylic acids is 2. The molecule has 2 heterocycles. The van der Waals surface area contributed by atoms with Crippen LogP contribution in [0.2, 0.25) is 0 Å². The van der Waals surface area contributed by atoms with Crippen LogP contribution in [0.5, 0.6) is 0 Å². The van der Waals surface area contributed by atoms with E-state index in [0.29, 0.717) is 13.0 Å². The summed E-state index contributed by atoms with van der Waals surface area (Å²) < 4.78 is 0. The summed E-state index contributed by atoms with van der Waals surface area (Å²) in [5.41, 5.74) is 5.52. The van der Waals surface area contributed by atoms with Gasteiger partial charge in [0.1, 0.15) is 6.04 Å². The summed E-state index contributed by atoms with van der Waals surface area (Å²) in [6, 6.07) is 27.6. The molecule has 0 bridgehead atoms. The molecule has 0 aliphatic carbocycles. The quantitative estimate of drug-likeness (QED) is 0.485. The van der Waals surface area contributed by atoms with Gasteiger partial charge in [-0.3, -0.25) is 9.59 Å². The summed E-state index contributed by atoms with van der Waals surface area (Å²) in [7, 11) is 0. The van der Waals surface area contributed by atoms with Gasteiger partial charge >= 0.3 is 0 Å². The minimum Gasteiger partial charge on any atom is -0.354 e. The van der Waals surface area contributed by atoms with E-state index in [2.05, 4.69) is 28.8 Å². The number of fused-ring (bicyclic) bond motifs is 1. The lowest BCUT2D eigenvalue weighted by atomic mass is 9.90. The van der Waals surface area contributed by atoms with Crippen LogP contribution in [0.15, 0.2) is 84.9 Å². The molecule has 1 aliphatic heterocycles. The molecule has 4 aromatic rings. The van der Waals surface area contributed by atoms with E-state index in [1.807, 2.05) is 66.7 Å². The van der Waals surface area contributed by atoms with Crippen molar-refractivity contribution < 1.29 is 9.59 Å². The van der Waals surface area contributed by atoms with Crippen LogP contribution in [-0.2, 0) is 16.0 Å². The summed E-state index contributed by atoms with van der Waals surface area (Å²) in [5.74, 6) is -0.290. The number of amides is 2. The lowest BCUT2D eigenvalue weighted by Gasteiger charge is -2.23. The van der Waals surface area contributed by atoms with Gasteiger partial charge in [0, 0.05) is 17.5 Å². The van der Waals surface area contributed by atoms with Gasteiger partial charge in [0.2, 0.25) is 11.8 Å². The summed E-state index contributed by atoms with van der Waals surface area (Å²) in [4.78, 5) is 30.4. The van der Waals surface area contributed by atoms with Gasteiger partial charge < -0.3 is 10.6 Å². The molecule has 0 spiro atoms. The number of hydrogen-bond donors (Lipinski definition) is 2. The fraction of sp³-hybridized carbons (Fsp3) is 0.179. The Kier molecular flexibility index (Phi) is 5.85. The number of carbonyl (C=O) groups is 2. The molecule has 2 amide bonds. The second kappa shape index (κ2) is 9.25. The second-order valence-corrected chi connectivity index (χ2v) is 8.29. The Balaban J connectivity index is 1.66. The Morgan fingerprint density at radius 2 is 1.58 bits per heavy atom. The number of piperidine rings is 1. The predicted molar refractivity (Wildman–Crippen MR) is 130 cm³/mol. The molecule has 1 aromatic heterocycles. The molecule has 5 heteroatoms. The Bertz CT molecular complexity index is 1300. The van der Waals surface area contributed by atoms with Crippen LogP contribution in [0.25, 0.3) is 33.3 Å². The number of para-hydroxylation sites is 1. The van der Waals surface area contributed by atoms with Crippen LogP contribution in [-0.4, -0.2) is 29.4 Å². The third kappa shape index (κ3) is 4.35. The maximum absolute atomic E-state index is 13.2. The summed E-state index contributed by atoms with van der Waals surface area (Å²) in [5, 5.41) is 6.78. The Morgan fingerprint density at radius 3 is 2.30 bits per heavy atom. The smallest absolute Gasteiger partial charge is 0.242 e. The maximum Gasteiger partial charge on any atom is 0.242 e. The molecule has 2 N–H and O–H groups in total. The predicted octanol–water partition coefficient (Wildman–Crippen LogP) is 4.51. The van der Waals surface area contributed by atoms with Crippen molar-refractivity contribution in [3.63, 3.8) is 0 Å². The van der Waals surface area contributed by atoms with E-state index in [4.69, 9.17) is 4.98 Å². The molecule has 0 saturated carbocycles. The first-order chi connectivity index (χ1) is 16.2. The van der Waals surface area contributed by atoms with E-state index in [0.717, 1.165) is 45.3 Å². The standard InChI is InChI=1S/C28H25N3O2/c32-25(30-24-16-9-17-29-28(24)33)18-22-26(19-10-3-1-4-11-19)21-14-7-8-15-23(21)31-27(22)20-12-5-2-6-13-20/h1-8,10-15,24H,9,16-18H2,(H,29,33)(H,30,32). The minimum absolute atomic E-state index is 0.113. The van der Waals surface area contributed by atoms with E-state index < -0.39 is 6.04 Å². The normalized spacial score (nSPS) is 15.8. The van der Waals surface area contributed by atoms with Crippen molar-refractivity contribution in [2.24, 2.45) is 0 Å². The van der Waals surface area contributed by atoms with Crippen molar-refractivity contribution in [2.45, 2.75) is 25.3 Å². The molecule has 164 valence electrons. The number of benzene rings is 3. The number of rotatable bonds is 5. The van der Waals surface area contributed by atoms with E-state index in [9.17, 15) is 9.59 Å². The molecule has 3 aromatic carbocycles. The fourth-order valence-corrected chi connectivity index (χ4v) is 4.51. The van der Waals surface area contributed by atoms with Crippen LogP contribution < -0.4 is 10.6 Å². The topological polar surface area (TPSA) is 71.1 Å². The molecular weight excluding hydrogens is 410 g/mol. The monoisotopic (exact) mass is 435 g/mol. The van der Waals surface area contributed by atoms with Gasteiger partial charge in [-0.1, -0.05) is 78.9 Å². The lowest BCUT2D eigenvalue weighted by Crippen LogP contribution is -2.50. The highest BCUT2D eigenvalue weighted by Gasteiger charge is 2.25. The molecular formula is C28H25N3O2. The zero-order chi connectivity index (χ0) is 22.6. The average Bonchev–Trinajstić information content (AvgIpc) is 2.86. The van der Waals surface area contributed by atoms with Gasteiger partial charge in [-0.15, -0.1) is 0 Å². The number of nitrogens with zero attached hydrogens (tertiary/aromatic N) is 1. The largest absolute Gasteiger partial charge is 0.354 e. The zero-order valence-electron chi connectivity index (χ0n) is 18.3. The van der Waals surface area contributed by atoms with Crippen molar-refractivity contribution in [1.82, 2.24) is 15.6 Å². The lowest BCUT2D eigenvalue weighted by molar-refractivity contribution is -0.129. The van der Waals surface area contributed by atoms with Gasteiger partial charge in [0.05, 0.1) is 17.6 Å². The summed E-state index contributed by atoms with van der Waals surface area (Å²) in [6.45, 7) is 0.663. The summed E-state index contributed by atoms with van der Waals surface area (Å²) in [6.07, 6.45) is 1.65. The van der Waals surface area contributed by atoms with Crippen molar-refractivity contribution in [3.8, 4) is 22.4 Å². The van der Waals surface area contributed by atoms with Gasteiger partial charge in [-0.2, -0.15) is 0 Å². The maximum atomic E-state index is 13.2. The van der Waals surface area contributed by atoms with Crippen molar-refractivity contribution >= 4 is 22.7 Å². The zero-order valence-corrected chi connectivity index (χ0v) is 18.3. The van der Waals surface area contributed by atoms with E-state index in [1.54, 1.807) is 0 Å². The van der Waals surface area contributed by atoms with Crippen LogP contribution in [0.4, 0.5) is 0 Å². The number of pyridine rings is 1. The van der Waals surface area contributed by atoms with Crippen molar-refractivity contribution in [2.75, 3.05) is 6.54 Å². The fourth-order valence-electron chi connectivity index (χ4n) is 4.51. The van der Waals surface area contributed by atoms with E-state index in [-0.39, 0.29) is 18.2 Å². The SMILES string of the molecule is O=C(Cc1c(-c2ccccc2)nc2ccccc2c1-c1ccccc1)NC1CCCNC1=O. The van der Waals surface area contributed by atoms with Crippen LogP contribution in [0.3, 0.4) is 0 Å². The van der Waals surface area contributed by atoms with Crippen molar-refractivity contribution in [1.29, 1.82) is 0 Å². The van der Waals surface area contributed by atoms with Gasteiger partial charge in [-0.05, 0) is 35.6 Å². The molecule has 1 fully saturated rings. The molecule has 1 aliphatic rings. The average molecular weight is 436 g/mol. The molecule has 1 atom stereocenters. The minimum atomic E-state index is -0.486. The van der Waals surface area contributed by atoms with Gasteiger partial charge in [0.15, 0.2) is 0 Å². The molecule has 5 nitrogen and oxygen atoms in total.